The predicted octanol–water partition coefficient (Wildman–Crippen LogP) is 12.9. The van der Waals surface area contributed by atoms with Gasteiger partial charge in [-0.1, -0.05) is 282 Å². The average Bonchev–Trinajstić information content (AvgIpc) is 0.781. The maximum absolute atomic E-state index is 13.5. The van der Waals surface area contributed by atoms with Gasteiger partial charge in [-0.05, 0) is 96.3 Å². The Bertz CT molecular complexity index is 2370. The number of allylic oxidation sites excluding steroid dienone is 21. The van der Waals surface area contributed by atoms with Crippen molar-refractivity contribution in [3.05, 3.63) is 134 Å². The van der Waals surface area contributed by atoms with Crippen LogP contribution in [0.5, 0.6) is 0 Å². The Hall–Kier alpha value is -4.07. The molecule has 0 aromatic heterocycles. The molecule has 3 rings (SSSR count). The van der Waals surface area contributed by atoms with Gasteiger partial charge in [-0.3, -0.25) is 4.79 Å². The van der Waals surface area contributed by atoms with E-state index < -0.39 is 124 Å². The zero-order valence-corrected chi connectivity index (χ0v) is 62.3. The van der Waals surface area contributed by atoms with Crippen molar-refractivity contribution in [1.29, 1.82) is 0 Å². The lowest BCUT2D eigenvalue weighted by atomic mass is 9.96. The Balaban J connectivity index is 1.42. The van der Waals surface area contributed by atoms with Gasteiger partial charge in [0.2, 0.25) is 5.91 Å². The van der Waals surface area contributed by atoms with Crippen LogP contribution in [0.15, 0.2) is 134 Å². The number of rotatable bonds is 60. The third kappa shape index (κ3) is 41.7. The van der Waals surface area contributed by atoms with E-state index in [1.807, 2.05) is 6.08 Å². The molecule has 0 bridgehead atoms. The first-order valence-corrected chi connectivity index (χ1v) is 39.4. The molecule has 0 spiro atoms. The number of aliphatic hydroxyl groups is 11. The SMILES string of the molecule is CC/C=C\C/C=C\C/C=C\C/C=C\C/C=C\C/C=C\C/C=C\C/C=C\C/C=C\C/C=C\CCCCC(=O)NC(COC1OC(CO)C(OC2OC(CO)C(OC3OC(CO)C(O)C(O)C3O)C(O)C2O)C(O)C1O)C(O)/C=C/CCCCCCCCCCCCCCCCCCCCCCCC. The molecular weight excluding hydrogens is 1300 g/mol. The largest absolute Gasteiger partial charge is 0.394 e. The average molecular weight is 1440 g/mol. The molecule has 3 aliphatic heterocycles. The van der Waals surface area contributed by atoms with E-state index in [-0.39, 0.29) is 18.9 Å². The normalized spacial score (nSPS) is 26.9. The molecule has 584 valence electrons. The summed E-state index contributed by atoms with van der Waals surface area (Å²) in [4.78, 5) is 13.5. The van der Waals surface area contributed by atoms with Crippen LogP contribution < -0.4 is 5.32 Å². The number of ether oxygens (including phenoxy) is 6. The number of hydrogen-bond donors (Lipinski definition) is 12. The molecule has 17 unspecified atom stereocenters. The summed E-state index contributed by atoms with van der Waals surface area (Å²) in [6.07, 6.45) is 61.4. The number of carbonyl (C=O) groups is 1. The number of hydrogen-bond acceptors (Lipinski definition) is 18. The third-order valence-electron chi connectivity index (χ3n) is 18.7. The van der Waals surface area contributed by atoms with E-state index in [0.29, 0.717) is 6.42 Å². The standard InChI is InChI=1S/C83H139NO18/c1-3-5-7-9-11-13-15-17-19-21-23-25-27-29-30-31-32-33-34-35-36-37-39-41-43-45-47-49-51-53-55-57-59-61-71(89)84-66(67(88)60-58-56-54-52-50-48-46-44-42-40-38-28-26-24-22-20-18-16-14-12-10-8-6-4-2)65-97-81-77(95)74(92)79(69(63-86)99-81)102-83-78(96)75(93)80(70(64-87)100-83)101-82-76(94)73(91)72(90)68(62-85)98-82/h5,7,11,13,17,19,23,25,29-30,32-33,35-36,39,41,45,47,51,53,58,60,66-70,72-83,85-88,90-96H,3-4,6,8-10,12,14-16,18,20-22,24,26-28,31,34,37-38,40,42-44,46,48-50,52,54-57,59,61-65H2,1-2H3,(H,84,89)/b7-5-,13-11-,19-17-,25-23-,30-29-,33-32-,36-35-,41-39-,47-45-,53-51-,60-58+. The second-order valence-corrected chi connectivity index (χ2v) is 27.4. The first-order chi connectivity index (χ1) is 49.8. The minimum absolute atomic E-state index is 0.179. The second kappa shape index (κ2) is 62.0. The molecule has 0 aliphatic carbocycles. The zero-order valence-electron chi connectivity index (χ0n) is 62.3. The molecule has 3 fully saturated rings. The summed E-state index contributed by atoms with van der Waals surface area (Å²) in [6, 6.07) is -1.01. The summed E-state index contributed by atoms with van der Waals surface area (Å²) < 4.78 is 34.4. The van der Waals surface area contributed by atoms with E-state index in [2.05, 4.69) is 141 Å². The molecule has 3 heterocycles. The molecule has 12 N–H and O–H groups in total. The van der Waals surface area contributed by atoms with Gasteiger partial charge in [-0.25, -0.2) is 0 Å². The molecule has 19 nitrogen and oxygen atoms in total. The first-order valence-electron chi connectivity index (χ1n) is 39.4. The van der Waals surface area contributed by atoms with Crippen LogP contribution >= 0.6 is 0 Å². The highest BCUT2D eigenvalue weighted by Crippen LogP contribution is 2.33. The Morgan fingerprint density at radius 2 is 0.676 bits per heavy atom. The van der Waals surface area contributed by atoms with Gasteiger partial charge in [-0.15, -0.1) is 0 Å². The Morgan fingerprint density at radius 1 is 0.363 bits per heavy atom. The number of carbonyl (C=O) groups excluding carboxylic acids is 1. The summed E-state index contributed by atoms with van der Waals surface area (Å²) >= 11 is 0. The van der Waals surface area contributed by atoms with Crippen LogP contribution in [0.1, 0.15) is 251 Å². The van der Waals surface area contributed by atoms with E-state index in [9.17, 15) is 61.0 Å². The fourth-order valence-electron chi connectivity index (χ4n) is 12.4. The first kappa shape index (κ1) is 92.1. The van der Waals surface area contributed by atoms with Gasteiger partial charge in [0.25, 0.3) is 0 Å². The van der Waals surface area contributed by atoms with E-state index >= 15 is 0 Å². The summed E-state index contributed by atoms with van der Waals surface area (Å²) in [5.74, 6) is -0.321. The van der Waals surface area contributed by atoms with Crippen LogP contribution in [0.4, 0.5) is 0 Å². The molecule has 3 aliphatic rings. The molecule has 102 heavy (non-hydrogen) atoms. The Kier molecular flexibility index (Phi) is 56.0. The minimum Gasteiger partial charge on any atom is -0.394 e. The summed E-state index contributed by atoms with van der Waals surface area (Å²) in [7, 11) is 0. The number of unbranched alkanes of at least 4 members (excludes halogenated alkanes) is 24. The fourth-order valence-corrected chi connectivity index (χ4v) is 12.4. The number of amides is 1. The van der Waals surface area contributed by atoms with E-state index in [4.69, 9.17) is 28.4 Å². The maximum Gasteiger partial charge on any atom is 0.220 e. The summed E-state index contributed by atoms with van der Waals surface area (Å²) in [5, 5.41) is 121. The van der Waals surface area contributed by atoms with Crippen LogP contribution in [0.25, 0.3) is 0 Å². The molecular formula is C83H139NO18. The van der Waals surface area contributed by atoms with Crippen molar-refractivity contribution in [3.63, 3.8) is 0 Å². The van der Waals surface area contributed by atoms with Crippen molar-refractivity contribution in [2.45, 2.75) is 356 Å². The van der Waals surface area contributed by atoms with Crippen LogP contribution in [0.2, 0.25) is 0 Å². The van der Waals surface area contributed by atoms with Gasteiger partial charge in [0, 0.05) is 6.42 Å². The van der Waals surface area contributed by atoms with Gasteiger partial charge in [0.05, 0.1) is 38.6 Å². The quantitative estimate of drug-likeness (QED) is 0.0199. The fraction of sp³-hybridized carbons (Fsp3) is 0.723. The topological polar surface area (TPSA) is 307 Å². The van der Waals surface area contributed by atoms with Crippen LogP contribution in [-0.4, -0.2) is 193 Å². The molecule has 3 saturated heterocycles. The van der Waals surface area contributed by atoms with Gasteiger partial charge in [-0.2, -0.15) is 0 Å². The molecule has 0 aromatic rings. The smallest absolute Gasteiger partial charge is 0.220 e. The van der Waals surface area contributed by atoms with Gasteiger partial charge in [0.1, 0.15) is 73.2 Å². The third-order valence-corrected chi connectivity index (χ3v) is 18.7. The lowest BCUT2D eigenvalue weighted by molar-refractivity contribution is -0.379. The van der Waals surface area contributed by atoms with Gasteiger partial charge >= 0.3 is 0 Å². The molecule has 0 aromatic carbocycles. The highest BCUT2D eigenvalue weighted by molar-refractivity contribution is 5.76. The van der Waals surface area contributed by atoms with Crippen LogP contribution in [-0.2, 0) is 33.2 Å². The van der Waals surface area contributed by atoms with Gasteiger partial charge in [0.15, 0.2) is 18.9 Å². The summed E-state index contributed by atoms with van der Waals surface area (Å²) in [6.45, 7) is 1.60. The molecule has 1 amide bonds. The van der Waals surface area contributed by atoms with Crippen molar-refractivity contribution >= 4 is 5.91 Å². The monoisotopic (exact) mass is 1440 g/mol. The van der Waals surface area contributed by atoms with Gasteiger partial charge < -0.3 is 89.9 Å². The predicted molar refractivity (Wildman–Crippen MR) is 406 cm³/mol. The van der Waals surface area contributed by atoms with Crippen molar-refractivity contribution in [1.82, 2.24) is 5.32 Å². The maximum atomic E-state index is 13.5. The number of nitrogens with one attached hydrogen (secondary N) is 1. The Morgan fingerprint density at radius 3 is 1.06 bits per heavy atom. The van der Waals surface area contributed by atoms with Crippen LogP contribution in [0.3, 0.4) is 0 Å². The molecule has 0 radical (unpaired) electrons. The highest BCUT2D eigenvalue weighted by Gasteiger charge is 2.53. The van der Waals surface area contributed by atoms with Crippen LogP contribution in [0, 0.1) is 0 Å². The molecule has 19 heteroatoms. The minimum atomic E-state index is -1.99. The van der Waals surface area contributed by atoms with Crippen molar-refractivity contribution in [3.8, 4) is 0 Å². The zero-order chi connectivity index (χ0) is 73.9. The Labute approximate surface area is 613 Å². The molecule has 0 saturated carbocycles. The lowest BCUT2D eigenvalue weighted by Gasteiger charge is -2.48. The lowest BCUT2D eigenvalue weighted by Crippen LogP contribution is -2.66. The van der Waals surface area contributed by atoms with Crippen molar-refractivity contribution < 1.29 is 89.4 Å². The second-order valence-electron chi connectivity index (χ2n) is 27.4. The van der Waals surface area contributed by atoms with E-state index in [1.54, 1.807) is 6.08 Å². The molecule has 17 atom stereocenters. The highest BCUT2D eigenvalue weighted by atomic mass is 16.8. The van der Waals surface area contributed by atoms with Crippen molar-refractivity contribution in [2.24, 2.45) is 0 Å². The number of aliphatic hydroxyl groups excluding tert-OH is 11. The van der Waals surface area contributed by atoms with Crippen molar-refractivity contribution in [2.75, 3.05) is 26.4 Å². The van der Waals surface area contributed by atoms with E-state index in [1.165, 1.54) is 122 Å². The van der Waals surface area contributed by atoms with E-state index in [0.717, 1.165) is 103 Å². The summed E-state index contributed by atoms with van der Waals surface area (Å²) in [5.41, 5.74) is 0.